The third-order valence-electron chi connectivity index (χ3n) is 4.01. The van der Waals surface area contributed by atoms with Crippen LogP contribution in [-0.4, -0.2) is 18.1 Å². The fraction of sp³-hybridized carbons (Fsp3) is 0.688. The molecule has 1 unspecified atom stereocenters. The molecular weight excluding hydrogens is 300 g/mol. The number of hydrogen-bond donors (Lipinski definition) is 1. The molecule has 3 heteroatoms. The summed E-state index contributed by atoms with van der Waals surface area (Å²) >= 11 is 3.52. The van der Waals surface area contributed by atoms with E-state index in [9.17, 15) is 0 Å². The van der Waals surface area contributed by atoms with Gasteiger partial charge in [-0.25, -0.2) is 0 Å². The standard InChI is InChI=1S/C16H25BrN2/c1-12(2)8-19-11-16(3,14-4-5-14)7-13-6-15(17)10-18-9-13/h6,9-10,12,14,19H,4-5,7-8,11H2,1-3H3. The van der Waals surface area contributed by atoms with E-state index in [0.29, 0.717) is 5.41 Å². The second-order valence-corrected chi connectivity index (χ2v) is 7.56. The van der Waals surface area contributed by atoms with E-state index in [2.05, 4.69) is 53.1 Å². The van der Waals surface area contributed by atoms with Crippen LogP contribution in [0.3, 0.4) is 0 Å². The van der Waals surface area contributed by atoms with Gasteiger partial charge >= 0.3 is 0 Å². The number of pyridine rings is 1. The largest absolute Gasteiger partial charge is 0.316 e. The topological polar surface area (TPSA) is 24.9 Å². The molecule has 1 fully saturated rings. The van der Waals surface area contributed by atoms with Crippen molar-refractivity contribution in [1.29, 1.82) is 0 Å². The Kier molecular flexibility index (Phi) is 5.02. The smallest absolute Gasteiger partial charge is 0.0410 e. The van der Waals surface area contributed by atoms with Gasteiger partial charge in [-0.1, -0.05) is 20.8 Å². The van der Waals surface area contributed by atoms with Crippen molar-refractivity contribution in [3.8, 4) is 0 Å². The molecular formula is C16H25BrN2. The van der Waals surface area contributed by atoms with Crippen LogP contribution in [0.2, 0.25) is 0 Å². The van der Waals surface area contributed by atoms with Gasteiger partial charge in [0, 0.05) is 23.4 Å². The summed E-state index contributed by atoms with van der Waals surface area (Å²) in [6, 6.07) is 2.20. The highest BCUT2D eigenvalue weighted by atomic mass is 79.9. The van der Waals surface area contributed by atoms with Gasteiger partial charge in [-0.2, -0.15) is 0 Å². The van der Waals surface area contributed by atoms with Crippen molar-refractivity contribution in [2.24, 2.45) is 17.3 Å². The molecule has 1 N–H and O–H groups in total. The van der Waals surface area contributed by atoms with Crippen molar-refractivity contribution in [2.75, 3.05) is 13.1 Å². The second-order valence-electron chi connectivity index (χ2n) is 6.64. The Morgan fingerprint density at radius 2 is 2.16 bits per heavy atom. The van der Waals surface area contributed by atoms with Gasteiger partial charge in [-0.15, -0.1) is 0 Å². The summed E-state index contributed by atoms with van der Waals surface area (Å²) in [5.74, 6) is 1.60. The Hall–Kier alpha value is -0.410. The SMILES string of the molecule is CC(C)CNCC(C)(Cc1cncc(Br)c1)C1CC1. The van der Waals surface area contributed by atoms with Crippen molar-refractivity contribution in [3.05, 3.63) is 28.5 Å². The van der Waals surface area contributed by atoms with E-state index in [-0.39, 0.29) is 0 Å². The molecule has 1 aliphatic carbocycles. The molecule has 0 spiro atoms. The highest BCUT2D eigenvalue weighted by Crippen LogP contribution is 2.47. The molecule has 0 aromatic carbocycles. The van der Waals surface area contributed by atoms with Gasteiger partial charge in [-0.3, -0.25) is 4.98 Å². The lowest BCUT2D eigenvalue weighted by Crippen LogP contribution is -2.37. The van der Waals surface area contributed by atoms with Crippen LogP contribution < -0.4 is 5.32 Å². The predicted octanol–water partition coefficient (Wildman–Crippen LogP) is 4.05. The molecule has 1 aliphatic rings. The van der Waals surface area contributed by atoms with Crippen LogP contribution in [0.25, 0.3) is 0 Å². The highest BCUT2D eigenvalue weighted by Gasteiger charge is 2.41. The molecule has 1 aromatic heterocycles. The maximum atomic E-state index is 4.29. The summed E-state index contributed by atoms with van der Waals surface area (Å²) in [5, 5.41) is 3.65. The van der Waals surface area contributed by atoms with Gasteiger partial charge in [0.1, 0.15) is 0 Å². The number of halogens is 1. The lowest BCUT2D eigenvalue weighted by atomic mass is 9.79. The Morgan fingerprint density at radius 1 is 1.42 bits per heavy atom. The summed E-state index contributed by atoms with van der Waals surface area (Å²) in [5.41, 5.74) is 1.72. The third kappa shape index (κ3) is 4.57. The van der Waals surface area contributed by atoms with Crippen LogP contribution in [0.4, 0.5) is 0 Å². The van der Waals surface area contributed by atoms with E-state index in [4.69, 9.17) is 0 Å². The third-order valence-corrected chi connectivity index (χ3v) is 4.45. The second kappa shape index (κ2) is 6.36. The number of rotatable bonds is 7. The molecule has 1 saturated carbocycles. The predicted molar refractivity (Wildman–Crippen MR) is 84.2 cm³/mol. The zero-order valence-electron chi connectivity index (χ0n) is 12.2. The Balaban J connectivity index is 1.98. The van der Waals surface area contributed by atoms with Gasteiger partial charge in [-0.05, 0) is 70.6 Å². The molecule has 0 radical (unpaired) electrons. The molecule has 106 valence electrons. The van der Waals surface area contributed by atoms with E-state index in [1.54, 1.807) is 0 Å². The van der Waals surface area contributed by atoms with Crippen molar-refractivity contribution in [2.45, 2.75) is 40.0 Å². The molecule has 0 saturated heterocycles. The minimum absolute atomic E-state index is 0.372. The van der Waals surface area contributed by atoms with Gasteiger partial charge in [0.25, 0.3) is 0 Å². The lowest BCUT2D eigenvalue weighted by Gasteiger charge is -2.31. The molecule has 1 aromatic rings. The first kappa shape index (κ1) is 15.0. The zero-order chi connectivity index (χ0) is 13.9. The average Bonchev–Trinajstić information content (AvgIpc) is 3.12. The summed E-state index contributed by atoms with van der Waals surface area (Å²) in [6.45, 7) is 9.18. The summed E-state index contributed by atoms with van der Waals surface area (Å²) in [4.78, 5) is 4.29. The van der Waals surface area contributed by atoms with Crippen LogP contribution in [0.15, 0.2) is 22.9 Å². The molecule has 1 heterocycles. The maximum Gasteiger partial charge on any atom is 0.0410 e. The number of hydrogen-bond acceptors (Lipinski definition) is 2. The Bertz CT molecular complexity index is 415. The van der Waals surface area contributed by atoms with E-state index >= 15 is 0 Å². The highest BCUT2D eigenvalue weighted by molar-refractivity contribution is 9.10. The molecule has 0 bridgehead atoms. The minimum Gasteiger partial charge on any atom is -0.316 e. The van der Waals surface area contributed by atoms with Crippen molar-refractivity contribution < 1.29 is 0 Å². The van der Waals surface area contributed by atoms with Crippen LogP contribution in [0.5, 0.6) is 0 Å². The van der Waals surface area contributed by atoms with Gasteiger partial charge in [0.15, 0.2) is 0 Å². The van der Waals surface area contributed by atoms with Gasteiger partial charge < -0.3 is 5.32 Å². The number of nitrogens with zero attached hydrogens (tertiary/aromatic N) is 1. The molecule has 1 atom stereocenters. The normalized spacial score (nSPS) is 18.6. The summed E-state index contributed by atoms with van der Waals surface area (Å²) in [6.07, 6.45) is 7.76. The van der Waals surface area contributed by atoms with Crippen molar-refractivity contribution in [1.82, 2.24) is 10.3 Å². The van der Waals surface area contributed by atoms with Crippen molar-refractivity contribution in [3.63, 3.8) is 0 Å². The van der Waals surface area contributed by atoms with Crippen LogP contribution in [0.1, 0.15) is 39.2 Å². The van der Waals surface area contributed by atoms with E-state index in [1.807, 2.05) is 12.4 Å². The monoisotopic (exact) mass is 324 g/mol. The first-order chi connectivity index (χ1) is 8.99. The van der Waals surface area contributed by atoms with Gasteiger partial charge in [0.05, 0.1) is 0 Å². The zero-order valence-corrected chi connectivity index (χ0v) is 13.8. The van der Waals surface area contributed by atoms with Gasteiger partial charge in [0.2, 0.25) is 0 Å². The van der Waals surface area contributed by atoms with Crippen LogP contribution in [0, 0.1) is 17.3 Å². The average molecular weight is 325 g/mol. The first-order valence-corrected chi connectivity index (χ1v) is 8.09. The van der Waals surface area contributed by atoms with Crippen LogP contribution >= 0.6 is 15.9 Å². The minimum atomic E-state index is 0.372. The maximum absolute atomic E-state index is 4.29. The lowest BCUT2D eigenvalue weighted by molar-refractivity contribution is 0.252. The first-order valence-electron chi connectivity index (χ1n) is 7.30. The number of aromatic nitrogens is 1. The molecule has 2 nitrogen and oxygen atoms in total. The fourth-order valence-electron chi connectivity index (χ4n) is 2.80. The summed E-state index contributed by atoms with van der Waals surface area (Å²) in [7, 11) is 0. The Labute approximate surface area is 125 Å². The van der Waals surface area contributed by atoms with Crippen LogP contribution in [-0.2, 0) is 6.42 Å². The van der Waals surface area contributed by atoms with E-state index in [1.165, 1.54) is 18.4 Å². The summed E-state index contributed by atoms with van der Waals surface area (Å²) < 4.78 is 1.08. The van der Waals surface area contributed by atoms with E-state index < -0.39 is 0 Å². The van der Waals surface area contributed by atoms with Crippen molar-refractivity contribution >= 4 is 15.9 Å². The molecule has 0 aliphatic heterocycles. The fourth-order valence-corrected chi connectivity index (χ4v) is 3.21. The number of nitrogens with one attached hydrogen (secondary N) is 1. The quantitative estimate of drug-likeness (QED) is 0.818. The Morgan fingerprint density at radius 3 is 2.74 bits per heavy atom. The van der Waals surface area contributed by atoms with E-state index in [0.717, 1.165) is 35.8 Å². The molecule has 0 amide bonds. The molecule has 19 heavy (non-hydrogen) atoms. The molecule has 2 rings (SSSR count).